The van der Waals surface area contributed by atoms with Crippen molar-refractivity contribution in [3.63, 3.8) is 0 Å². The molecular weight excluding hydrogens is 342 g/mol. The summed E-state index contributed by atoms with van der Waals surface area (Å²) < 4.78 is 15.9. The van der Waals surface area contributed by atoms with Gasteiger partial charge in [-0.3, -0.25) is 4.79 Å². The summed E-state index contributed by atoms with van der Waals surface area (Å²) in [6, 6.07) is 13.5. The van der Waals surface area contributed by atoms with E-state index in [4.69, 9.17) is 14.2 Å². The molecule has 5 heteroatoms. The number of benzene rings is 2. The van der Waals surface area contributed by atoms with Crippen LogP contribution in [0.15, 0.2) is 48.5 Å². The zero-order valence-electron chi connectivity index (χ0n) is 16.0. The standard InChI is InChI=1S/C22H25NO4/c1-25-18-7-4-6-16(14-18)9-12-22(24)23-13-5-8-19(23)17-10-11-20(26-2)21(15-17)27-3/h4,6-7,9-12,14-15,19H,5,8,13H2,1-3H3/b12-9+. The van der Waals surface area contributed by atoms with E-state index < -0.39 is 0 Å². The average Bonchev–Trinajstić information content (AvgIpc) is 3.21. The minimum atomic E-state index is 0.00936. The van der Waals surface area contributed by atoms with Crippen LogP contribution >= 0.6 is 0 Å². The molecule has 0 saturated carbocycles. The SMILES string of the molecule is COc1cccc(/C=C/C(=O)N2CCCC2c2ccc(OC)c(OC)c2)c1. The second-order valence-electron chi connectivity index (χ2n) is 6.41. The monoisotopic (exact) mass is 367 g/mol. The number of amides is 1. The van der Waals surface area contributed by atoms with Crippen molar-refractivity contribution in [2.24, 2.45) is 0 Å². The molecule has 2 aromatic rings. The molecule has 3 rings (SSSR count). The van der Waals surface area contributed by atoms with Gasteiger partial charge in [0, 0.05) is 12.6 Å². The molecular formula is C22H25NO4. The predicted molar refractivity (Wildman–Crippen MR) is 105 cm³/mol. The van der Waals surface area contributed by atoms with Crippen molar-refractivity contribution in [3.8, 4) is 17.2 Å². The van der Waals surface area contributed by atoms with Gasteiger partial charge in [-0.15, -0.1) is 0 Å². The van der Waals surface area contributed by atoms with Crippen molar-refractivity contribution in [1.29, 1.82) is 0 Å². The Balaban J connectivity index is 1.77. The summed E-state index contributed by atoms with van der Waals surface area (Å²) in [6.45, 7) is 0.750. The number of carbonyl (C=O) groups excluding carboxylic acids is 1. The summed E-state index contributed by atoms with van der Waals surface area (Å²) in [5.41, 5.74) is 2.00. The van der Waals surface area contributed by atoms with Crippen molar-refractivity contribution < 1.29 is 19.0 Å². The first kappa shape index (κ1) is 18.8. The van der Waals surface area contributed by atoms with Crippen LogP contribution in [0.1, 0.15) is 30.0 Å². The van der Waals surface area contributed by atoms with Crippen molar-refractivity contribution >= 4 is 12.0 Å². The van der Waals surface area contributed by atoms with Crippen LogP contribution in [0, 0.1) is 0 Å². The molecule has 5 nitrogen and oxygen atoms in total. The number of likely N-dealkylation sites (tertiary alicyclic amines) is 1. The second kappa shape index (κ2) is 8.62. The van der Waals surface area contributed by atoms with E-state index in [0.717, 1.165) is 36.3 Å². The maximum Gasteiger partial charge on any atom is 0.247 e. The topological polar surface area (TPSA) is 48.0 Å². The molecule has 2 aromatic carbocycles. The van der Waals surface area contributed by atoms with Gasteiger partial charge in [0.25, 0.3) is 0 Å². The molecule has 142 valence electrons. The van der Waals surface area contributed by atoms with Gasteiger partial charge >= 0.3 is 0 Å². The molecule has 0 bridgehead atoms. The lowest BCUT2D eigenvalue weighted by atomic mass is 10.0. The summed E-state index contributed by atoms with van der Waals surface area (Å²) in [5, 5.41) is 0. The van der Waals surface area contributed by atoms with E-state index in [9.17, 15) is 4.79 Å². The summed E-state index contributed by atoms with van der Waals surface area (Å²) in [4.78, 5) is 14.7. The van der Waals surface area contributed by atoms with E-state index in [0.29, 0.717) is 11.5 Å². The van der Waals surface area contributed by atoms with E-state index in [2.05, 4.69) is 0 Å². The molecule has 1 unspecified atom stereocenters. The molecule has 0 radical (unpaired) electrons. The number of hydrogen-bond donors (Lipinski definition) is 0. The first-order valence-electron chi connectivity index (χ1n) is 9.01. The highest BCUT2D eigenvalue weighted by molar-refractivity contribution is 5.92. The number of hydrogen-bond acceptors (Lipinski definition) is 4. The molecule has 1 fully saturated rings. The zero-order valence-corrected chi connectivity index (χ0v) is 16.0. The van der Waals surface area contributed by atoms with Crippen molar-refractivity contribution in [2.75, 3.05) is 27.9 Å². The Bertz CT molecular complexity index is 831. The van der Waals surface area contributed by atoms with Gasteiger partial charge in [0.05, 0.1) is 27.4 Å². The van der Waals surface area contributed by atoms with Crippen molar-refractivity contribution in [1.82, 2.24) is 4.90 Å². The molecule has 27 heavy (non-hydrogen) atoms. The minimum absolute atomic E-state index is 0.00936. The fraction of sp³-hybridized carbons (Fsp3) is 0.318. The summed E-state index contributed by atoms with van der Waals surface area (Å²) >= 11 is 0. The first-order valence-corrected chi connectivity index (χ1v) is 9.01. The molecule has 1 aliphatic heterocycles. The first-order chi connectivity index (χ1) is 13.2. The Kier molecular flexibility index (Phi) is 6.01. The van der Waals surface area contributed by atoms with Gasteiger partial charge in [0.15, 0.2) is 11.5 Å². The van der Waals surface area contributed by atoms with E-state index in [1.165, 1.54) is 0 Å². The fourth-order valence-corrected chi connectivity index (χ4v) is 3.45. The lowest BCUT2D eigenvalue weighted by molar-refractivity contribution is -0.126. The van der Waals surface area contributed by atoms with Crippen LogP contribution in [-0.2, 0) is 4.79 Å². The summed E-state index contributed by atoms with van der Waals surface area (Å²) in [5.74, 6) is 2.15. The molecule has 1 aliphatic rings. The minimum Gasteiger partial charge on any atom is -0.497 e. The largest absolute Gasteiger partial charge is 0.497 e. The van der Waals surface area contributed by atoms with Gasteiger partial charge < -0.3 is 19.1 Å². The summed E-state index contributed by atoms with van der Waals surface area (Å²) in [6.07, 6.45) is 5.38. The van der Waals surface area contributed by atoms with Crippen LogP contribution in [0.5, 0.6) is 17.2 Å². The fourth-order valence-electron chi connectivity index (χ4n) is 3.45. The highest BCUT2D eigenvalue weighted by atomic mass is 16.5. The molecule has 1 saturated heterocycles. The molecule has 1 amide bonds. The summed E-state index contributed by atoms with van der Waals surface area (Å²) in [7, 11) is 4.87. The van der Waals surface area contributed by atoms with Crippen LogP contribution < -0.4 is 14.2 Å². The van der Waals surface area contributed by atoms with Crippen LogP contribution in [0.25, 0.3) is 6.08 Å². The lowest BCUT2D eigenvalue weighted by Gasteiger charge is -2.24. The number of ether oxygens (including phenoxy) is 3. The highest BCUT2D eigenvalue weighted by Crippen LogP contribution is 2.37. The maximum atomic E-state index is 12.8. The van der Waals surface area contributed by atoms with Crippen LogP contribution in [0.3, 0.4) is 0 Å². The number of carbonyl (C=O) groups is 1. The van der Waals surface area contributed by atoms with E-state index in [1.807, 2.05) is 53.4 Å². The normalized spacial score (nSPS) is 16.6. The van der Waals surface area contributed by atoms with Crippen molar-refractivity contribution in [3.05, 3.63) is 59.7 Å². The van der Waals surface area contributed by atoms with Crippen molar-refractivity contribution in [2.45, 2.75) is 18.9 Å². The molecule has 0 spiro atoms. The molecule has 0 N–H and O–H groups in total. The van der Waals surface area contributed by atoms with Gasteiger partial charge in [0.2, 0.25) is 5.91 Å². The van der Waals surface area contributed by atoms with Gasteiger partial charge in [-0.2, -0.15) is 0 Å². The predicted octanol–water partition coefficient (Wildman–Crippen LogP) is 4.09. The third-order valence-corrected chi connectivity index (χ3v) is 4.84. The Morgan fingerprint density at radius 2 is 1.85 bits per heavy atom. The Hall–Kier alpha value is -2.95. The van der Waals surface area contributed by atoms with Crippen LogP contribution in [-0.4, -0.2) is 38.7 Å². The highest BCUT2D eigenvalue weighted by Gasteiger charge is 2.29. The quantitative estimate of drug-likeness (QED) is 0.722. The molecule has 1 heterocycles. The van der Waals surface area contributed by atoms with Gasteiger partial charge in [-0.1, -0.05) is 18.2 Å². The zero-order chi connectivity index (χ0) is 19.2. The second-order valence-corrected chi connectivity index (χ2v) is 6.41. The number of methoxy groups -OCH3 is 3. The Morgan fingerprint density at radius 3 is 2.59 bits per heavy atom. The van der Waals surface area contributed by atoms with E-state index in [-0.39, 0.29) is 11.9 Å². The van der Waals surface area contributed by atoms with Crippen LogP contribution in [0.4, 0.5) is 0 Å². The lowest BCUT2D eigenvalue weighted by Crippen LogP contribution is -2.28. The Labute approximate surface area is 160 Å². The Morgan fingerprint density at radius 1 is 1.04 bits per heavy atom. The molecule has 0 aromatic heterocycles. The maximum absolute atomic E-state index is 12.8. The van der Waals surface area contributed by atoms with Crippen LogP contribution in [0.2, 0.25) is 0 Å². The van der Waals surface area contributed by atoms with Gasteiger partial charge in [0.1, 0.15) is 5.75 Å². The van der Waals surface area contributed by atoms with Gasteiger partial charge in [-0.05, 0) is 54.3 Å². The third kappa shape index (κ3) is 4.25. The molecule has 0 aliphatic carbocycles. The smallest absolute Gasteiger partial charge is 0.247 e. The van der Waals surface area contributed by atoms with Gasteiger partial charge in [-0.25, -0.2) is 0 Å². The third-order valence-electron chi connectivity index (χ3n) is 4.84. The number of rotatable bonds is 6. The average molecular weight is 367 g/mol. The molecule has 1 atom stereocenters. The van der Waals surface area contributed by atoms with E-state index in [1.54, 1.807) is 27.4 Å². The van der Waals surface area contributed by atoms with E-state index >= 15 is 0 Å². The number of nitrogens with zero attached hydrogens (tertiary/aromatic N) is 1.